The standard InChI is InChI=1S/C22H28N2O7S3/c1-15-12-20(19-8-6-18(7-9-19)13-33(5,25)26)22(32-15)34(27,28)24(14-30-11-10-29-4)21-16(2)17(3)31-23-21/h6-9,12H,10-11,13-14H2,1-5H3. The molecular weight excluding hydrogens is 500 g/mol. The van der Waals surface area contributed by atoms with Crippen LogP contribution in [-0.4, -0.2) is 55.3 Å². The second kappa shape index (κ2) is 10.6. The number of anilines is 1. The first-order valence-corrected chi connectivity index (χ1v) is 14.7. The fourth-order valence-electron chi connectivity index (χ4n) is 3.24. The maximum Gasteiger partial charge on any atom is 0.277 e. The van der Waals surface area contributed by atoms with Crippen LogP contribution in [-0.2, 0) is 35.1 Å². The molecule has 0 fully saturated rings. The summed E-state index contributed by atoms with van der Waals surface area (Å²) >= 11 is 1.15. The lowest BCUT2D eigenvalue weighted by Gasteiger charge is -2.22. The summed E-state index contributed by atoms with van der Waals surface area (Å²) in [4.78, 5) is 0.807. The van der Waals surface area contributed by atoms with Gasteiger partial charge in [-0.2, -0.15) is 0 Å². The van der Waals surface area contributed by atoms with E-state index in [1.54, 1.807) is 44.2 Å². The van der Waals surface area contributed by atoms with Gasteiger partial charge in [0.1, 0.15) is 16.7 Å². The van der Waals surface area contributed by atoms with E-state index < -0.39 is 19.9 Å². The summed E-state index contributed by atoms with van der Waals surface area (Å²) < 4.78 is 68.0. The molecule has 1 aromatic carbocycles. The number of sulfone groups is 1. The molecular formula is C22H28N2O7S3. The van der Waals surface area contributed by atoms with Gasteiger partial charge in [0.15, 0.2) is 15.7 Å². The monoisotopic (exact) mass is 528 g/mol. The van der Waals surface area contributed by atoms with Gasteiger partial charge in [0.2, 0.25) is 0 Å². The van der Waals surface area contributed by atoms with Crippen molar-refractivity contribution in [1.29, 1.82) is 0 Å². The molecule has 2 aromatic heterocycles. The van der Waals surface area contributed by atoms with Gasteiger partial charge in [-0.25, -0.2) is 21.1 Å². The summed E-state index contributed by atoms with van der Waals surface area (Å²) in [6.45, 7) is 5.53. The van der Waals surface area contributed by atoms with Gasteiger partial charge in [0.05, 0.1) is 19.0 Å². The number of hydrogen-bond acceptors (Lipinski definition) is 9. The molecule has 0 spiro atoms. The molecule has 0 aliphatic heterocycles. The highest BCUT2D eigenvalue weighted by atomic mass is 32.2. The lowest BCUT2D eigenvalue weighted by atomic mass is 10.1. The summed E-state index contributed by atoms with van der Waals surface area (Å²) in [6.07, 6.45) is 1.17. The second-order valence-corrected chi connectivity index (χ2v) is 13.4. The molecule has 3 rings (SSSR count). The number of aryl methyl sites for hydroxylation is 2. The van der Waals surface area contributed by atoms with Crippen molar-refractivity contribution in [2.24, 2.45) is 0 Å². The Morgan fingerprint density at radius 2 is 1.74 bits per heavy atom. The Labute approximate surface area is 204 Å². The highest BCUT2D eigenvalue weighted by Gasteiger charge is 2.33. The predicted molar refractivity (Wildman–Crippen MR) is 131 cm³/mol. The number of benzene rings is 1. The van der Waals surface area contributed by atoms with E-state index in [-0.39, 0.29) is 29.1 Å². The molecule has 2 heterocycles. The van der Waals surface area contributed by atoms with Crippen molar-refractivity contribution in [3.05, 3.63) is 52.1 Å². The molecule has 0 aliphatic rings. The smallest absolute Gasteiger partial charge is 0.277 e. The first kappa shape index (κ1) is 26.4. The van der Waals surface area contributed by atoms with Crippen LogP contribution in [0.25, 0.3) is 11.1 Å². The Morgan fingerprint density at radius 1 is 1.06 bits per heavy atom. The van der Waals surface area contributed by atoms with E-state index in [2.05, 4.69) is 5.16 Å². The third-order valence-electron chi connectivity index (χ3n) is 5.05. The van der Waals surface area contributed by atoms with Crippen molar-refractivity contribution in [3.63, 3.8) is 0 Å². The van der Waals surface area contributed by atoms with Gasteiger partial charge in [0, 0.05) is 29.4 Å². The minimum Gasteiger partial charge on any atom is -0.382 e. The van der Waals surface area contributed by atoms with Crippen LogP contribution in [0.5, 0.6) is 0 Å². The van der Waals surface area contributed by atoms with E-state index in [9.17, 15) is 16.8 Å². The Bertz CT molecular complexity index is 1340. The summed E-state index contributed by atoms with van der Waals surface area (Å²) in [6, 6.07) is 8.64. The fraction of sp³-hybridized carbons (Fsp3) is 0.409. The van der Waals surface area contributed by atoms with Crippen molar-refractivity contribution in [2.45, 2.75) is 30.7 Å². The average Bonchev–Trinajstić information content (AvgIpc) is 3.30. The number of ether oxygens (including phenoxy) is 2. The van der Waals surface area contributed by atoms with Crippen molar-refractivity contribution < 1.29 is 30.8 Å². The van der Waals surface area contributed by atoms with Gasteiger partial charge in [-0.15, -0.1) is 11.3 Å². The van der Waals surface area contributed by atoms with Gasteiger partial charge < -0.3 is 14.0 Å². The maximum atomic E-state index is 13.9. The molecule has 0 N–H and O–H groups in total. The van der Waals surface area contributed by atoms with Crippen molar-refractivity contribution in [3.8, 4) is 11.1 Å². The number of nitrogens with zero attached hydrogens (tertiary/aromatic N) is 2. The molecule has 12 heteroatoms. The molecule has 9 nitrogen and oxygen atoms in total. The molecule has 186 valence electrons. The summed E-state index contributed by atoms with van der Waals surface area (Å²) in [5.74, 6) is 0.588. The van der Waals surface area contributed by atoms with E-state index in [1.165, 1.54) is 13.4 Å². The Kier molecular flexibility index (Phi) is 8.19. The van der Waals surface area contributed by atoms with E-state index in [4.69, 9.17) is 14.0 Å². The highest BCUT2D eigenvalue weighted by molar-refractivity contribution is 7.95. The van der Waals surface area contributed by atoms with Gasteiger partial charge in [0.25, 0.3) is 10.0 Å². The van der Waals surface area contributed by atoms with E-state index in [1.807, 2.05) is 6.92 Å². The number of rotatable bonds is 11. The molecule has 0 amide bonds. The van der Waals surface area contributed by atoms with Crippen LogP contribution >= 0.6 is 11.3 Å². The third kappa shape index (κ3) is 6.05. The second-order valence-electron chi connectivity index (χ2n) is 7.90. The summed E-state index contributed by atoms with van der Waals surface area (Å²) in [7, 11) is -5.73. The first-order chi connectivity index (χ1) is 15.9. The van der Waals surface area contributed by atoms with Crippen LogP contribution in [0.3, 0.4) is 0 Å². The number of thiophene rings is 1. The van der Waals surface area contributed by atoms with Crippen LogP contribution in [0.4, 0.5) is 5.82 Å². The zero-order valence-corrected chi connectivity index (χ0v) is 22.1. The molecule has 0 bridgehead atoms. The van der Waals surface area contributed by atoms with Crippen LogP contribution in [0.15, 0.2) is 39.1 Å². The van der Waals surface area contributed by atoms with Crippen LogP contribution in [0, 0.1) is 20.8 Å². The van der Waals surface area contributed by atoms with E-state index >= 15 is 0 Å². The lowest BCUT2D eigenvalue weighted by Crippen LogP contribution is -2.34. The molecule has 0 unspecified atom stereocenters. The Hall–Kier alpha value is -2.25. The SMILES string of the molecule is COCCOCN(c1noc(C)c1C)S(=O)(=O)c1sc(C)cc1-c1ccc(CS(C)(=O)=O)cc1. The van der Waals surface area contributed by atoms with E-state index in [0.717, 1.165) is 20.5 Å². The van der Waals surface area contributed by atoms with Gasteiger partial charge in [-0.1, -0.05) is 29.4 Å². The maximum absolute atomic E-state index is 13.9. The summed E-state index contributed by atoms with van der Waals surface area (Å²) in [5.41, 5.74) is 2.41. The fourth-order valence-corrected chi connectivity index (χ4v) is 7.15. The van der Waals surface area contributed by atoms with Gasteiger partial charge in [-0.05, 0) is 38.0 Å². The predicted octanol–water partition coefficient (Wildman–Crippen LogP) is 3.69. The van der Waals surface area contributed by atoms with Crippen molar-refractivity contribution >= 4 is 37.0 Å². The third-order valence-corrected chi connectivity index (χ3v) is 9.18. The number of hydrogen-bond donors (Lipinski definition) is 0. The molecule has 0 radical (unpaired) electrons. The quantitative estimate of drug-likeness (QED) is 0.273. The zero-order chi connectivity index (χ0) is 25.1. The first-order valence-electron chi connectivity index (χ1n) is 10.3. The topological polar surface area (TPSA) is 116 Å². The zero-order valence-electron chi connectivity index (χ0n) is 19.7. The Balaban J connectivity index is 2.03. The highest BCUT2D eigenvalue weighted by Crippen LogP contribution is 2.38. The van der Waals surface area contributed by atoms with Crippen molar-refractivity contribution in [2.75, 3.05) is 37.6 Å². The molecule has 3 aromatic rings. The lowest BCUT2D eigenvalue weighted by molar-refractivity contribution is 0.0753. The minimum absolute atomic E-state index is 0.0848. The van der Waals surface area contributed by atoms with E-state index in [0.29, 0.717) is 34.6 Å². The number of aromatic nitrogens is 1. The normalized spacial score (nSPS) is 12.3. The number of sulfonamides is 1. The largest absolute Gasteiger partial charge is 0.382 e. The molecule has 0 saturated heterocycles. The number of methoxy groups -OCH3 is 1. The van der Waals surface area contributed by atoms with Crippen LogP contribution < -0.4 is 4.31 Å². The molecule has 34 heavy (non-hydrogen) atoms. The molecule has 0 aliphatic carbocycles. The van der Waals surface area contributed by atoms with Gasteiger partial charge in [-0.3, -0.25) is 0 Å². The van der Waals surface area contributed by atoms with Crippen LogP contribution in [0.1, 0.15) is 21.8 Å². The minimum atomic E-state index is -4.08. The Morgan fingerprint density at radius 3 is 2.29 bits per heavy atom. The van der Waals surface area contributed by atoms with Gasteiger partial charge >= 0.3 is 0 Å². The molecule has 0 atom stereocenters. The van der Waals surface area contributed by atoms with Crippen LogP contribution in [0.2, 0.25) is 0 Å². The van der Waals surface area contributed by atoms with Crippen molar-refractivity contribution in [1.82, 2.24) is 5.16 Å². The summed E-state index contributed by atoms with van der Waals surface area (Å²) in [5, 5.41) is 3.97. The average molecular weight is 529 g/mol. The molecule has 0 saturated carbocycles.